The third-order valence-electron chi connectivity index (χ3n) is 4.56. The zero-order valence-corrected chi connectivity index (χ0v) is 13.8. The van der Waals surface area contributed by atoms with Gasteiger partial charge in [0.1, 0.15) is 5.69 Å². The topological polar surface area (TPSA) is 64.1 Å². The Hall–Kier alpha value is -1.86. The molecular weight excluding hydrogens is 298 g/mol. The molecule has 2 fully saturated rings. The van der Waals surface area contributed by atoms with Crippen LogP contribution in [0, 0.1) is 5.92 Å². The van der Waals surface area contributed by atoms with Gasteiger partial charge in [-0.2, -0.15) is 0 Å². The first kappa shape index (κ1) is 16.0. The number of pyridine rings is 1. The predicted molar refractivity (Wildman–Crippen MR) is 83.5 cm³/mol. The first-order chi connectivity index (χ1) is 11.1. The Morgan fingerprint density at radius 1 is 1.30 bits per heavy atom. The number of likely N-dealkylation sites (N-methyl/N-ethyl adjacent to an activating group) is 1. The Bertz CT molecular complexity index is 580. The molecule has 0 unspecified atom stereocenters. The molecule has 0 spiro atoms. The first-order valence-corrected chi connectivity index (χ1v) is 7.76. The average Bonchev–Trinajstić information content (AvgIpc) is 2.73. The molecule has 3 heterocycles. The van der Waals surface area contributed by atoms with Crippen molar-refractivity contribution in [3.63, 3.8) is 0 Å². The van der Waals surface area contributed by atoms with E-state index in [4.69, 9.17) is 14.2 Å². The van der Waals surface area contributed by atoms with E-state index in [1.54, 1.807) is 26.5 Å². The van der Waals surface area contributed by atoms with E-state index in [-0.39, 0.29) is 17.9 Å². The quantitative estimate of drug-likeness (QED) is 0.799. The van der Waals surface area contributed by atoms with E-state index in [0.29, 0.717) is 37.8 Å². The van der Waals surface area contributed by atoms with Crippen molar-refractivity contribution >= 4 is 5.91 Å². The van der Waals surface area contributed by atoms with Crippen molar-refractivity contribution in [2.45, 2.75) is 12.6 Å². The second-order valence-electron chi connectivity index (χ2n) is 6.02. The van der Waals surface area contributed by atoms with Crippen molar-refractivity contribution in [3.05, 3.63) is 18.0 Å². The summed E-state index contributed by atoms with van der Waals surface area (Å²) in [7, 11) is 5.09. The van der Waals surface area contributed by atoms with Gasteiger partial charge in [-0.3, -0.25) is 14.7 Å². The molecule has 7 heteroatoms. The van der Waals surface area contributed by atoms with Gasteiger partial charge < -0.3 is 19.1 Å². The van der Waals surface area contributed by atoms with E-state index in [1.807, 2.05) is 11.9 Å². The number of fused-ring (bicyclic) bond motifs is 3. The Morgan fingerprint density at radius 3 is 2.87 bits per heavy atom. The van der Waals surface area contributed by atoms with Gasteiger partial charge in [0.25, 0.3) is 0 Å². The van der Waals surface area contributed by atoms with Crippen LogP contribution in [0.15, 0.2) is 12.3 Å². The van der Waals surface area contributed by atoms with Gasteiger partial charge in [-0.05, 0) is 0 Å². The minimum Gasteiger partial charge on any atom is -0.493 e. The normalized spacial score (nSPS) is 25.2. The highest BCUT2D eigenvalue weighted by atomic mass is 16.5. The fourth-order valence-electron chi connectivity index (χ4n) is 3.29. The zero-order valence-electron chi connectivity index (χ0n) is 13.8. The number of nitrogens with zero attached hydrogens (tertiary/aromatic N) is 3. The van der Waals surface area contributed by atoms with Gasteiger partial charge in [0.05, 0.1) is 39.4 Å². The summed E-state index contributed by atoms with van der Waals surface area (Å²) in [6.45, 7) is 3.12. The van der Waals surface area contributed by atoms with Crippen molar-refractivity contribution in [2.24, 2.45) is 5.92 Å². The molecule has 0 aromatic carbocycles. The summed E-state index contributed by atoms with van der Waals surface area (Å²) < 4.78 is 16.4. The van der Waals surface area contributed by atoms with Gasteiger partial charge in [0.15, 0.2) is 11.5 Å². The minimum absolute atomic E-state index is 0.0756. The van der Waals surface area contributed by atoms with Crippen LogP contribution in [0.3, 0.4) is 0 Å². The third kappa shape index (κ3) is 3.11. The molecule has 2 saturated heterocycles. The van der Waals surface area contributed by atoms with Gasteiger partial charge in [-0.25, -0.2) is 0 Å². The molecular formula is C16H23N3O4. The smallest absolute Gasteiger partial charge is 0.229 e. The molecule has 0 aliphatic carbocycles. The van der Waals surface area contributed by atoms with Crippen molar-refractivity contribution in [3.8, 4) is 11.5 Å². The monoisotopic (exact) mass is 321 g/mol. The van der Waals surface area contributed by atoms with E-state index >= 15 is 0 Å². The second-order valence-corrected chi connectivity index (χ2v) is 6.02. The number of hydrogen-bond acceptors (Lipinski definition) is 6. The van der Waals surface area contributed by atoms with E-state index in [2.05, 4.69) is 9.88 Å². The molecule has 2 bridgehead atoms. The number of aromatic nitrogens is 1. The largest absolute Gasteiger partial charge is 0.493 e. The van der Waals surface area contributed by atoms with Gasteiger partial charge in [-0.1, -0.05) is 0 Å². The molecule has 2 atom stereocenters. The van der Waals surface area contributed by atoms with Crippen LogP contribution in [0.2, 0.25) is 0 Å². The summed E-state index contributed by atoms with van der Waals surface area (Å²) in [5.74, 6) is 1.37. The lowest BCUT2D eigenvalue weighted by Gasteiger charge is -2.29. The second kappa shape index (κ2) is 6.72. The number of methoxy groups -OCH3 is 2. The molecule has 1 aromatic rings. The molecule has 1 amide bonds. The summed E-state index contributed by atoms with van der Waals surface area (Å²) in [5.41, 5.74) is 0.822. The van der Waals surface area contributed by atoms with E-state index in [9.17, 15) is 4.79 Å². The number of carbonyl (C=O) groups is 1. The molecule has 2 aliphatic heterocycles. The Labute approximate surface area is 136 Å². The Morgan fingerprint density at radius 2 is 2.13 bits per heavy atom. The molecule has 3 rings (SSSR count). The van der Waals surface area contributed by atoms with Crippen LogP contribution in [-0.2, 0) is 16.1 Å². The van der Waals surface area contributed by atoms with Crippen LogP contribution in [0.5, 0.6) is 11.5 Å². The SMILES string of the molecule is COc1ccnc(CN2C[C@@H]3COC[C@H](C2)N(C)C3=O)c1OC. The molecule has 1 aromatic heterocycles. The lowest BCUT2D eigenvalue weighted by atomic mass is 10.1. The maximum atomic E-state index is 12.4. The lowest BCUT2D eigenvalue weighted by Crippen LogP contribution is -2.43. The summed E-state index contributed by atoms with van der Waals surface area (Å²) >= 11 is 0. The highest BCUT2D eigenvalue weighted by Crippen LogP contribution is 2.30. The Balaban J connectivity index is 1.82. The van der Waals surface area contributed by atoms with Crippen molar-refractivity contribution in [1.29, 1.82) is 0 Å². The van der Waals surface area contributed by atoms with Crippen molar-refractivity contribution in [1.82, 2.24) is 14.8 Å². The predicted octanol–water partition coefficient (Wildman–Crippen LogP) is 0.388. The zero-order chi connectivity index (χ0) is 16.4. The van der Waals surface area contributed by atoms with Crippen LogP contribution in [-0.4, -0.2) is 74.3 Å². The summed E-state index contributed by atoms with van der Waals surface area (Å²) in [6, 6.07) is 1.86. The fourth-order valence-corrected chi connectivity index (χ4v) is 3.29. The van der Waals surface area contributed by atoms with Gasteiger partial charge in [-0.15, -0.1) is 0 Å². The number of carbonyl (C=O) groups excluding carboxylic acids is 1. The minimum atomic E-state index is -0.121. The first-order valence-electron chi connectivity index (χ1n) is 7.76. The molecule has 0 radical (unpaired) electrons. The Kier molecular flexibility index (Phi) is 4.68. The van der Waals surface area contributed by atoms with Gasteiger partial charge in [0.2, 0.25) is 5.91 Å². The maximum absolute atomic E-state index is 12.4. The van der Waals surface area contributed by atoms with Crippen molar-refractivity contribution in [2.75, 3.05) is 47.6 Å². The lowest BCUT2D eigenvalue weighted by molar-refractivity contribution is -0.133. The third-order valence-corrected chi connectivity index (χ3v) is 4.56. The number of rotatable bonds is 4. The van der Waals surface area contributed by atoms with Crippen molar-refractivity contribution < 1.29 is 19.0 Å². The highest BCUT2D eigenvalue weighted by Gasteiger charge is 2.37. The van der Waals surface area contributed by atoms with Crippen LogP contribution >= 0.6 is 0 Å². The standard InChI is InChI=1S/C16H23N3O4/c1-18-12-7-19(6-11(16(18)20)9-23-10-12)8-13-15(22-3)14(21-2)4-5-17-13/h4-5,11-12H,6-10H2,1-3H3/t11-,12+/m1/s1. The summed E-state index contributed by atoms with van der Waals surface area (Å²) in [4.78, 5) is 20.9. The molecule has 126 valence electrons. The van der Waals surface area contributed by atoms with Crippen LogP contribution in [0.4, 0.5) is 0 Å². The number of amides is 1. The molecule has 7 nitrogen and oxygen atoms in total. The van der Waals surface area contributed by atoms with Crippen LogP contribution in [0.25, 0.3) is 0 Å². The van der Waals surface area contributed by atoms with E-state index in [0.717, 1.165) is 12.2 Å². The van der Waals surface area contributed by atoms with Gasteiger partial charge >= 0.3 is 0 Å². The van der Waals surface area contributed by atoms with Gasteiger partial charge in [0, 0.05) is 38.9 Å². The summed E-state index contributed by atoms with van der Waals surface area (Å²) in [6.07, 6.45) is 1.72. The van der Waals surface area contributed by atoms with Crippen LogP contribution < -0.4 is 9.47 Å². The maximum Gasteiger partial charge on any atom is 0.229 e. The molecule has 0 N–H and O–H groups in total. The number of hydrogen-bond donors (Lipinski definition) is 0. The fraction of sp³-hybridized carbons (Fsp3) is 0.625. The van der Waals surface area contributed by atoms with Crippen LogP contribution in [0.1, 0.15) is 5.69 Å². The molecule has 0 saturated carbocycles. The average molecular weight is 321 g/mol. The van der Waals surface area contributed by atoms with E-state index in [1.165, 1.54) is 0 Å². The molecule has 2 aliphatic rings. The highest BCUT2D eigenvalue weighted by molar-refractivity contribution is 5.79. The number of ether oxygens (including phenoxy) is 3. The summed E-state index contributed by atoms with van der Waals surface area (Å²) in [5, 5.41) is 0. The van der Waals surface area contributed by atoms with E-state index < -0.39 is 0 Å². The molecule has 23 heavy (non-hydrogen) atoms.